The predicted molar refractivity (Wildman–Crippen MR) is 71.8 cm³/mol. The molecule has 102 valence electrons. The molecule has 0 aromatic carbocycles. The van der Waals surface area contributed by atoms with Crippen LogP contribution in [-0.2, 0) is 6.42 Å². The van der Waals surface area contributed by atoms with Crippen molar-refractivity contribution in [2.75, 3.05) is 6.54 Å². The molecular formula is C12H17N5OS. The lowest BCUT2D eigenvalue weighted by Gasteiger charge is -2.19. The third-order valence-corrected chi connectivity index (χ3v) is 4.06. The van der Waals surface area contributed by atoms with E-state index in [1.54, 1.807) is 0 Å². The number of rotatable bonds is 4. The normalized spacial score (nSPS) is 19.7. The third-order valence-electron chi connectivity index (χ3n) is 3.30. The van der Waals surface area contributed by atoms with Crippen LogP contribution in [0.2, 0.25) is 0 Å². The number of hydrogen-bond acceptors (Lipinski definition) is 7. The van der Waals surface area contributed by atoms with Crippen LogP contribution in [0.25, 0.3) is 10.8 Å². The molecule has 2 aromatic heterocycles. The van der Waals surface area contributed by atoms with Gasteiger partial charge >= 0.3 is 0 Å². The highest BCUT2D eigenvalue weighted by Gasteiger charge is 2.22. The van der Waals surface area contributed by atoms with Crippen LogP contribution in [0.1, 0.15) is 50.2 Å². The van der Waals surface area contributed by atoms with Crippen LogP contribution in [0.15, 0.2) is 4.52 Å². The first kappa shape index (κ1) is 12.7. The average molecular weight is 279 g/mol. The van der Waals surface area contributed by atoms with Crippen LogP contribution in [0.4, 0.5) is 0 Å². The Hall–Kier alpha value is -1.34. The summed E-state index contributed by atoms with van der Waals surface area (Å²) in [4.78, 5) is 5.42. The Labute approximate surface area is 115 Å². The highest BCUT2D eigenvalue weighted by molar-refractivity contribution is 7.09. The van der Waals surface area contributed by atoms with Crippen LogP contribution in [-0.4, -0.2) is 26.3 Å². The van der Waals surface area contributed by atoms with Crippen LogP contribution in [0.3, 0.4) is 0 Å². The van der Waals surface area contributed by atoms with Crippen molar-refractivity contribution in [3.05, 3.63) is 11.5 Å². The van der Waals surface area contributed by atoms with Gasteiger partial charge in [-0.1, -0.05) is 29.4 Å². The van der Waals surface area contributed by atoms with E-state index < -0.39 is 0 Å². The maximum atomic E-state index is 5.38. The van der Waals surface area contributed by atoms with Gasteiger partial charge in [0.25, 0.3) is 5.89 Å². The minimum absolute atomic E-state index is 0.224. The van der Waals surface area contributed by atoms with E-state index >= 15 is 0 Å². The van der Waals surface area contributed by atoms with Crippen LogP contribution in [0.5, 0.6) is 0 Å². The number of piperidine rings is 1. The zero-order valence-electron chi connectivity index (χ0n) is 10.9. The van der Waals surface area contributed by atoms with Gasteiger partial charge in [0, 0.05) is 0 Å². The summed E-state index contributed by atoms with van der Waals surface area (Å²) in [5, 5.41) is 11.6. The maximum Gasteiger partial charge on any atom is 0.271 e. The Morgan fingerprint density at radius 2 is 2.37 bits per heavy atom. The standard InChI is InChI=1S/C12H17N5OS/c1-2-5-8-10(19-17-15-8)12-14-11(16-18-12)9-6-3-4-7-13-9/h9,13H,2-7H2,1H3. The molecule has 3 heterocycles. The van der Waals surface area contributed by atoms with Gasteiger partial charge < -0.3 is 9.84 Å². The first-order valence-electron chi connectivity index (χ1n) is 6.77. The number of nitrogens with zero attached hydrogens (tertiary/aromatic N) is 4. The SMILES string of the molecule is CCCc1nnsc1-c1nc(C2CCCCN2)no1. The largest absolute Gasteiger partial charge is 0.333 e. The van der Waals surface area contributed by atoms with Gasteiger partial charge in [0.2, 0.25) is 0 Å². The average Bonchev–Trinajstić information content (AvgIpc) is 3.08. The summed E-state index contributed by atoms with van der Waals surface area (Å²) in [6.45, 7) is 3.14. The summed E-state index contributed by atoms with van der Waals surface area (Å²) >= 11 is 1.32. The molecule has 1 saturated heterocycles. The summed E-state index contributed by atoms with van der Waals surface area (Å²) in [6.07, 6.45) is 5.43. The van der Waals surface area contributed by atoms with Crippen molar-refractivity contribution in [1.29, 1.82) is 0 Å². The molecule has 0 amide bonds. The zero-order chi connectivity index (χ0) is 13.1. The molecule has 1 fully saturated rings. The second-order valence-electron chi connectivity index (χ2n) is 4.76. The number of aromatic nitrogens is 4. The Bertz CT molecular complexity index is 532. The minimum Gasteiger partial charge on any atom is -0.333 e. The van der Waals surface area contributed by atoms with Gasteiger partial charge in [-0.05, 0) is 37.3 Å². The van der Waals surface area contributed by atoms with Gasteiger partial charge in [-0.25, -0.2) is 0 Å². The van der Waals surface area contributed by atoms with E-state index in [2.05, 4.69) is 32.0 Å². The van der Waals surface area contributed by atoms with E-state index in [1.165, 1.54) is 24.4 Å². The summed E-state index contributed by atoms with van der Waals surface area (Å²) in [5.41, 5.74) is 0.958. The molecule has 0 bridgehead atoms. The number of nitrogens with one attached hydrogen (secondary N) is 1. The van der Waals surface area contributed by atoms with Crippen LogP contribution in [0, 0.1) is 0 Å². The Morgan fingerprint density at radius 1 is 1.42 bits per heavy atom. The minimum atomic E-state index is 0.224. The molecule has 7 heteroatoms. The lowest BCUT2D eigenvalue weighted by molar-refractivity contribution is 0.367. The van der Waals surface area contributed by atoms with E-state index in [4.69, 9.17) is 4.52 Å². The molecule has 0 radical (unpaired) electrons. The lowest BCUT2D eigenvalue weighted by Crippen LogP contribution is -2.27. The smallest absolute Gasteiger partial charge is 0.271 e. The molecule has 3 rings (SSSR count). The molecule has 1 aliphatic rings. The van der Waals surface area contributed by atoms with Crippen molar-refractivity contribution in [1.82, 2.24) is 25.0 Å². The molecule has 2 aromatic rings. The first-order chi connectivity index (χ1) is 9.38. The van der Waals surface area contributed by atoms with E-state index in [1.807, 2.05) is 0 Å². The number of hydrogen-bond donors (Lipinski definition) is 1. The van der Waals surface area contributed by atoms with Crippen LogP contribution >= 0.6 is 11.5 Å². The molecule has 0 saturated carbocycles. The highest BCUT2D eigenvalue weighted by Crippen LogP contribution is 2.28. The molecule has 1 atom stereocenters. The van der Waals surface area contributed by atoms with E-state index in [9.17, 15) is 0 Å². The summed E-state index contributed by atoms with van der Waals surface area (Å²) in [6, 6.07) is 0.224. The van der Waals surface area contributed by atoms with Crippen molar-refractivity contribution in [2.24, 2.45) is 0 Å². The second-order valence-corrected chi connectivity index (χ2v) is 5.51. The second kappa shape index (κ2) is 5.75. The van der Waals surface area contributed by atoms with E-state index in [0.29, 0.717) is 5.89 Å². The molecule has 0 spiro atoms. The van der Waals surface area contributed by atoms with Gasteiger partial charge in [0.05, 0.1) is 11.7 Å². The van der Waals surface area contributed by atoms with Gasteiger partial charge in [-0.3, -0.25) is 0 Å². The quantitative estimate of drug-likeness (QED) is 0.925. The fourth-order valence-corrected chi connectivity index (χ4v) is 2.94. The lowest BCUT2D eigenvalue weighted by atomic mass is 10.0. The molecule has 1 unspecified atom stereocenters. The Kier molecular flexibility index (Phi) is 3.84. The van der Waals surface area contributed by atoms with Crippen molar-refractivity contribution in [3.8, 4) is 10.8 Å². The molecule has 6 nitrogen and oxygen atoms in total. The summed E-state index contributed by atoms with van der Waals surface area (Å²) in [7, 11) is 0. The van der Waals surface area contributed by atoms with Crippen molar-refractivity contribution in [3.63, 3.8) is 0 Å². The summed E-state index contributed by atoms with van der Waals surface area (Å²) in [5.74, 6) is 1.31. The van der Waals surface area contributed by atoms with Crippen molar-refractivity contribution in [2.45, 2.75) is 45.1 Å². The van der Waals surface area contributed by atoms with E-state index in [-0.39, 0.29) is 6.04 Å². The van der Waals surface area contributed by atoms with Crippen LogP contribution < -0.4 is 5.32 Å². The zero-order valence-corrected chi connectivity index (χ0v) is 11.7. The maximum absolute atomic E-state index is 5.38. The topological polar surface area (TPSA) is 76.7 Å². The van der Waals surface area contributed by atoms with Gasteiger partial charge in [-0.15, -0.1) is 5.10 Å². The van der Waals surface area contributed by atoms with Gasteiger partial charge in [0.15, 0.2) is 5.82 Å². The Balaban J connectivity index is 1.81. The monoisotopic (exact) mass is 279 g/mol. The Morgan fingerprint density at radius 3 is 3.16 bits per heavy atom. The molecule has 19 heavy (non-hydrogen) atoms. The van der Waals surface area contributed by atoms with Crippen molar-refractivity contribution >= 4 is 11.5 Å². The van der Waals surface area contributed by atoms with E-state index in [0.717, 1.165) is 42.2 Å². The fraction of sp³-hybridized carbons (Fsp3) is 0.667. The molecule has 1 N–H and O–H groups in total. The third kappa shape index (κ3) is 2.66. The van der Waals surface area contributed by atoms with Gasteiger partial charge in [0.1, 0.15) is 4.88 Å². The van der Waals surface area contributed by atoms with Crippen molar-refractivity contribution < 1.29 is 4.52 Å². The fourth-order valence-electron chi connectivity index (χ4n) is 2.31. The first-order valence-corrected chi connectivity index (χ1v) is 7.54. The number of aryl methyl sites for hydroxylation is 1. The molecular weight excluding hydrogens is 262 g/mol. The van der Waals surface area contributed by atoms with Gasteiger partial charge in [-0.2, -0.15) is 4.98 Å². The molecule has 0 aliphatic carbocycles. The molecule has 1 aliphatic heterocycles. The summed E-state index contributed by atoms with van der Waals surface area (Å²) < 4.78 is 9.37. The highest BCUT2D eigenvalue weighted by atomic mass is 32.1. The predicted octanol–water partition coefficient (Wildman–Crippen LogP) is 2.36.